The van der Waals surface area contributed by atoms with Crippen LogP contribution in [0.3, 0.4) is 0 Å². The molecule has 0 bridgehead atoms. The van der Waals surface area contributed by atoms with Gasteiger partial charge in [-0.1, -0.05) is 0 Å². The van der Waals surface area contributed by atoms with Crippen molar-refractivity contribution in [3.8, 4) is 0 Å². The minimum absolute atomic E-state index is 0.0113. The molecule has 7 nitrogen and oxygen atoms in total. The van der Waals surface area contributed by atoms with E-state index in [0.717, 1.165) is 4.88 Å². The number of sulfonamides is 1. The number of rotatable bonds is 5. The number of anilines is 1. The molecule has 3 rings (SSSR count). The molecule has 1 aliphatic rings. The fraction of sp³-hybridized carbons (Fsp3) is 0.250. The van der Waals surface area contributed by atoms with Crippen molar-refractivity contribution in [1.29, 1.82) is 0 Å². The van der Waals surface area contributed by atoms with E-state index in [4.69, 9.17) is 4.74 Å². The maximum atomic E-state index is 12.3. The van der Waals surface area contributed by atoms with Crippen molar-refractivity contribution in [2.45, 2.75) is 24.3 Å². The molecule has 1 fully saturated rings. The number of hydrogen-bond donors (Lipinski definition) is 2. The van der Waals surface area contributed by atoms with E-state index in [0.29, 0.717) is 17.0 Å². The molecule has 25 heavy (non-hydrogen) atoms. The summed E-state index contributed by atoms with van der Waals surface area (Å²) in [4.78, 5) is 25.1. The molecule has 1 aliphatic heterocycles. The second-order valence-corrected chi connectivity index (χ2v) is 8.52. The van der Waals surface area contributed by atoms with Crippen molar-refractivity contribution >= 4 is 38.9 Å². The number of hydrogen-bond acceptors (Lipinski definition) is 6. The zero-order valence-electron chi connectivity index (χ0n) is 13.3. The van der Waals surface area contributed by atoms with E-state index in [-0.39, 0.29) is 17.4 Å². The molecule has 1 aromatic heterocycles. The maximum absolute atomic E-state index is 12.3. The Balaban J connectivity index is 1.69. The molecule has 1 saturated heterocycles. The molecule has 132 valence electrons. The first-order chi connectivity index (χ1) is 11.8. The first-order valence-electron chi connectivity index (χ1n) is 7.52. The van der Waals surface area contributed by atoms with Gasteiger partial charge in [-0.2, -0.15) is 4.72 Å². The van der Waals surface area contributed by atoms with Gasteiger partial charge in [0.25, 0.3) is 5.91 Å². The van der Waals surface area contributed by atoms with Gasteiger partial charge in [-0.05, 0) is 43.3 Å². The lowest BCUT2D eigenvalue weighted by Gasteiger charge is -2.10. The van der Waals surface area contributed by atoms with Crippen LogP contribution < -0.4 is 10.0 Å². The van der Waals surface area contributed by atoms with Gasteiger partial charge in [0.2, 0.25) is 10.0 Å². The van der Waals surface area contributed by atoms with E-state index in [1.807, 2.05) is 13.0 Å². The van der Waals surface area contributed by atoms with Crippen LogP contribution in [-0.4, -0.2) is 32.9 Å². The fourth-order valence-electron chi connectivity index (χ4n) is 2.32. The number of nitrogens with one attached hydrogen (secondary N) is 2. The minimum atomic E-state index is -3.83. The van der Waals surface area contributed by atoms with Crippen LogP contribution in [0.25, 0.3) is 0 Å². The topological polar surface area (TPSA) is 102 Å². The van der Waals surface area contributed by atoms with Gasteiger partial charge in [-0.15, -0.1) is 11.3 Å². The van der Waals surface area contributed by atoms with Gasteiger partial charge < -0.3 is 10.1 Å². The summed E-state index contributed by atoms with van der Waals surface area (Å²) in [5.74, 6) is -0.820. The molecule has 2 aromatic rings. The highest BCUT2D eigenvalue weighted by Gasteiger charge is 2.31. The number of thiophene rings is 1. The molecule has 0 spiro atoms. The van der Waals surface area contributed by atoms with Crippen molar-refractivity contribution in [1.82, 2.24) is 4.72 Å². The molecule has 2 N–H and O–H groups in total. The second kappa shape index (κ2) is 6.95. The summed E-state index contributed by atoms with van der Waals surface area (Å²) in [7, 11) is -3.83. The Morgan fingerprint density at radius 3 is 2.48 bits per heavy atom. The minimum Gasteiger partial charge on any atom is -0.464 e. The zero-order chi connectivity index (χ0) is 18.0. The second-order valence-electron chi connectivity index (χ2n) is 5.52. The normalized spacial score (nSPS) is 17.3. The summed E-state index contributed by atoms with van der Waals surface area (Å²) in [5.41, 5.74) is 0.482. The third-order valence-corrected chi connectivity index (χ3v) is 6.11. The number of cyclic esters (lactones) is 1. The van der Waals surface area contributed by atoms with Gasteiger partial charge >= 0.3 is 5.97 Å². The summed E-state index contributed by atoms with van der Waals surface area (Å²) in [5, 5.41) is 2.71. The van der Waals surface area contributed by atoms with Crippen molar-refractivity contribution in [2.75, 3.05) is 11.9 Å². The average Bonchev–Trinajstić information content (AvgIpc) is 3.17. The lowest BCUT2D eigenvalue weighted by molar-refractivity contribution is -0.139. The Hall–Kier alpha value is -2.23. The lowest BCUT2D eigenvalue weighted by atomic mass is 10.3. The Kier molecular flexibility index (Phi) is 4.89. The molecule has 1 amide bonds. The van der Waals surface area contributed by atoms with Gasteiger partial charge in [-0.25, -0.2) is 8.42 Å². The molecule has 0 aliphatic carbocycles. The highest BCUT2D eigenvalue weighted by molar-refractivity contribution is 7.89. The van der Waals surface area contributed by atoms with Crippen LogP contribution in [0.2, 0.25) is 0 Å². The number of carbonyl (C=O) groups is 2. The summed E-state index contributed by atoms with van der Waals surface area (Å²) >= 11 is 1.38. The fourth-order valence-corrected chi connectivity index (χ4v) is 4.31. The smallest absolute Gasteiger partial charge is 0.324 e. The number of carbonyl (C=O) groups excluding carboxylic acids is 2. The van der Waals surface area contributed by atoms with Gasteiger partial charge in [0.1, 0.15) is 6.04 Å². The summed E-state index contributed by atoms with van der Waals surface area (Å²) in [6.45, 7) is 2.12. The van der Waals surface area contributed by atoms with E-state index in [1.54, 1.807) is 6.07 Å². The summed E-state index contributed by atoms with van der Waals surface area (Å²) < 4.78 is 31.6. The molecule has 1 unspecified atom stereocenters. The lowest BCUT2D eigenvalue weighted by Crippen LogP contribution is -2.37. The van der Waals surface area contributed by atoms with E-state index >= 15 is 0 Å². The summed E-state index contributed by atoms with van der Waals surface area (Å²) in [6, 6.07) is 8.48. The first-order valence-corrected chi connectivity index (χ1v) is 9.82. The number of amides is 1. The van der Waals surface area contributed by atoms with Crippen LogP contribution >= 0.6 is 11.3 Å². The molecule has 2 heterocycles. The number of esters is 1. The number of aryl methyl sites for hydroxylation is 1. The largest absolute Gasteiger partial charge is 0.464 e. The average molecular weight is 380 g/mol. The molecular weight excluding hydrogens is 364 g/mol. The van der Waals surface area contributed by atoms with E-state index < -0.39 is 22.0 Å². The molecule has 9 heteroatoms. The SMILES string of the molecule is Cc1ccc(C(=O)Nc2ccc(S(=O)(=O)NC3CCOC3=O)cc2)s1. The first kappa shape index (κ1) is 17.6. The Bertz CT molecular complexity index is 903. The third kappa shape index (κ3) is 4.06. The van der Waals surface area contributed by atoms with Crippen LogP contribution in [0.15, 0.2) is 41.3 Å². The number of ether oxygens (including phenoxy) is 1. The van der Waals surface area contributed by atoms with E-state index in [9.17, 15) is 18.0 Å². The van der Waals surface area contributed by atoms with Crippen molar-refractivity contribution < 1.29 is 22.7 Å². The van der Waals surface area contributed by atoms with Gasteiger partial charge in [0, 0.05) is 17.0 Å². The molecular formula is C16H16N2O5S2. The Morgan fingerprint density at radius 1 is 1.20 bits per heavy atom. The Morgan fingerprint density at radius 2 is 1.92 bits per heavy atom. The Labute approximate surface area is 149 Å². The van der Waals surface area contributed by atoms with Crippen molar-refractivity contribution in [3.05, 3.63) is 46.2 Å². The highest BCUT2D eigenvalue weighted by atomic mass is 32.2. The molecule has 0 radical (unpaired) electrons. The van der Waals surface area contributed by atoms with Crippen LogP contribution in [0.5, 0.6) is 0 Å². The van der Waals surface area contributed by atoms with Gasteiger partial charge in [0.15, 0.2) is 0 Å². The monoisotopic (exact) mass is 380 g/mol. The molecule has 1 aromatic carbocycles. The summed E-state index contributed by atoms with van der Waals surface area (Å²) in [6.07, 6.45) is 0.312. The zero-order valence-corrected chi connectivity index (χ0v) is 14.9. The van der Waals surface area contributed by atoms with Crippen LogP contribution in [0.4, 0.5) is 5.69 Å². The van der Waals surface area contributed by atoms with Crippen molar-refractivity contribution in [3.63, 3.8) is 0 Å². The molecule has 0 saturated carbocycles. The van der Waals surface area contributed by atoms with Crippen LogP contribution in [0, 0.1) is 6.92 Å². The highest BCUT2D eigenvalue weighted by Crippen LogP contribution is 2.19. The van der Waals surface area contributed by atoms with Gasteiger partial charge in [-0.3, -0.25) is 9.59 Å². The quantitative estimate of drug-likeness (QED) is 0.772. The standard InChI is InChI=1S/C16H16N2O5S2/c1-10-2-7-14(24-10)15(19)17-11-3-5-12(6-4-11)25(21,22)18-13-8-9-23-16(13)20/h2-7,13,18H,8-9H2,1H3,(H,17,19). The maximum Gasteiger partial charge on any atom is 0.324 e. The molecule has 1 atom stereocenters. The predicted molar refractivity (Wildman–Crippen MR) is 93.1 cm³/mol. The number of benzene rings is 1. The van der Waals surface area contributed by atoms with Crippen molar-refractivity contribution in [2.24, 2.45) is 0 Å². The van der Waals surface area contributed by atoms with Crippen LogP contribution in [0.1, 0.15) is 21.0 Å². The van der Waals surface area contributed by atoms with E-state index in [2.05, 4.69) is 10.0 Å². The van der Waals surface area contributed by atoms with E-state index in [1.165, 1.54) is 35.6 Å². The van der Waals surface area contributed by atoms with Crippen LogP contribution in [-0.2, 0) is 19.6 Å². The van der Waals surface area contributed by atoms with Gasteiger partial charge in [0.05, 0.1) is 16.4 Å². The predicted octanol–water partition coefficient (Wildman–Crippen LogP) is 1.90. The third-order valence-electron chi connectivity index (χ3n) is 3.62.